The van der Waals surface area contributed by atoms with Gasteiger partial charge in [0.1, 0.15) is 0 Å². The van der Waals surface area contributed by atoms with E-state index in [2.05, 4.69) is 6.58 Å². The molecule has 122 valence electrons. The van der Waals surface area contributed by atoms with Crippen LogP contribution in [0.2, 0.25) is 0 Å². The molecule has 0 aromatic heterocycles. The highest BCUT2D eigenvalue weighted by Crippen LogP contribution is 2.09. The van der Waals surface area contributed by atoms with Gasteiger partial charge in [0.2, 0.25) is 0 Å². The zero-order valence-corrected chi connectivity index (χ0v) is 13.7. The minimum atomic E-state index is -0.367. The van der Waals surface area contributed by atoms with Crippen LogP contribution in [0, 0.1) is 0 Å². The standard InChI is InChI=1S/C21H20O3/c1-16(2)21(23)24-15-14-18-10-8-17(9-11-18)12-13-20(22)19-6-4-3-5-7-19/h3-13H,1,14-15H2,2H3. The fourth-order valence-electron chi connectivity index (χ4n) is 2.05. The first-order valence-electron chi connectivity index (χ1n) is 7.75. The Bertz CT molecular complexity index is 740. The Morgan fingerprint density at radius 1 is 1.04 bits per heavy atom. The molecule has 3 nitrogen and oxygen atoms in total. The first-order chi connectivity index (χ1) is 11.6. The molecule has 2 aromatic carbocycles. The predicted octanol–water partition coefficient (Wildman–Crippen LogP) is 4.24. The maximum absolute atomic E-state index is 12.0. The summed E-state index contributed by atoms with van der Waals surface area (Å²) in [4.78, 5) is 23.3. The maximum Gasteiger partial charge on any atom is 0.333 e. The molecule has 2 aromatic rings. The molecule has 0 aliphatic carbocycles. The van der Waals surface area contributed by atoms with Gasteiger partial charge in [0.15, 0.2) is 5.78 Å². The Morgan fingerprint density at radius 3 is 2.33 bits per heavy atom. The molecule has 2 rings (SSSR count). The molecule has 24 heavy (non-hydrogen) atoms. The Labute approximate surface area is 142 Å². The van der Waals surface area contributed by atoms with Crippen LogP contribution in [0.15, 0.2) is 72.8 Å². The summed E-state index contributed by atoms with van der Waals surface area (Å²) in [7, 11) is 0. The van der Waals surface area contributed by atoms with E-state index >= 15 is 0 Å². The molecule has 0 saturated heterocycles. The maximum atomic E-state index is 12.0. The first kappa shape index (κ1) is 17.4. The van der Waals surface area contributed by atoms with Gasteiger partial charge in [-0.05, 0) is 24.1 Å². The molecule has 3 heteroatoms. The van der Waals surface area contributed by atoms with Crippen molar-refractivity contribution in [2.45, 2.75) is 13.3 Å². The highest BCUT2D eigenvalue weighted by Gasteiger charge is 2.03. The van der Waals surface area contributed by atoms with Crippen LogP contribution in [0.5, 0.6) is 0 Å². The van der Waals surface area contributed by atoms with Crippen molar-refractivity contribution in [3.05, 3.63) is 89.5 Å². The van der Waals surface area contributed by atoms with E-state index in [-0.39, 0.29) is 11.8 Å². The summed E-state index contributed by atoms with van der Waals surface area (Å²) >= 11 is 0. The van der Waals surface area contributed by atoms with E-state index < -0.39 is 0 Å². The van der Waals surface area contributed by atoms with Crippen LogP contribution in [0.4, 0.5) is 0 Å². The number of benzene rings is 2. The van der Waals surface area contributed by atoms with Crippen LogP contribution in [0.3, 0.4) is 0 Å². The Hall–Kier alpha value is -2.94. The smallest absolute Gasteiger partial charge is 0.333 e. The van der Waals surface area contributed by atoms with Crippen molar-refractivity contribution in [3.8, 4) is 0 Å². The Morgan fingerprint density at radius 2 is 1.71 bits per heavy atom. The molecule has 0 atom stereocenters. The predicted molar refractivity (Wildman–Crippen MR) is 95.7 cm³/mol. The number of rotatable bonds is 7. The third-order valence-electron chi connectivity index (χ3n) is 3.44. The normalized spacial score (nSPS) is 10.5. The lowest BCUT2D eigenvalue weighted by atomic mass is 10.1. The molecule has 0 fully saturated rings. The van der Waals surface area contributed by atoms with E-state index in [1.165, 1.54) is 0 Å². The van der Waals surface area contributed by atoms with Crippen LogP contribution in [-0.4, -0.2) is 18.4 Å². The number of carbonyl (C=O) groups is 2. The highest BCUT2D eigenvalue weighted by molar-refractivity contribution is 6.06. The Kier molecular flexibility index (Phi) is 6.26. The number of esters is 1. The summed E-state index contributed by atoms with van der Waals surface area (Å²) in [5, 5.41) is 0. The van der Waals surface area contributed by atoms with Gasteiger partial charge in [-0.15, -0.1) is 0 Å². The van der Waals surface area contributed by atoms with Gasteiger partial charge in [0, 0.05) is 17.6 Å². The minimum Gasteiger partial charge on any atom is -0.462 e. The van der Waals surface area contributed by atoms with Gasteiger partial charge in [0.05, 0.1) is 6.61 Å². The molecule has 0 N–H and O–H groups in total. The summed E-state index contributed by atoms with van der Waals surface area (Å²) in [5.41, 5.74) is 3.08. The van der Waals surface area contributed by atoms with E-state index in [4.69, 9.17) is 4.74 Å². The third-order valence-corrected chi connectivity index (χ3v) is 3.44. The van der Waals surface area contributed by atoms with Crippen molar-refractivity contribution >= 4 is 17.8 Å². The average molecular weight is 320 g/mol. The quantitative estimate of drug-likeness (QED) is 0.435. The van der Waals surface area contributed by atoms with Crippen LogP contribution >= 0.6 is 0 Å². The van der Waals surface area contributed by atoms with Gasteiger partial charge in [-0.3, -0.25) is 4.79 Å². The topological polar surface area (TPSA) is 43.4 Å². The molecule has 0 unspecified atom stereocenters. The lowest BCUT2D eigenvalue weighted by Gasteiger charge is -2.04. The molecular weight excluding hydrogens is 300 g/mol. The summed E-state index contributed by atoms with van der Waals surface area (Å²) < 4.78 is 5.07. The van der Waals surface area contributed by atoms with Crippen molar-refractivity contribution < 1.29 is 14.3 Å². The van der Waals surface area contributed by atoms with E-state index in [0.29, 0.717) is 24.2 Å². The molecular formula is C21H20O3. The second-order valence-corrected chi connectivity index (χ2v) is 5.47. The molecule has 0 spiro atoms. The van der Waals surface area contributed by atoms with Crippen molar-refractivity contribution in [3.63, 3.8) is 0 Å². The van der Waals surface area contributed by atoms with E-state index in [1.807, 2.05) is 42.5 Å². The fraction of sp³-hybridized carbons (Fsp3) is 0.143. The van der Waals surface area contributed by atoms with Gasteiger partial charge < -0.3 is 4.74 Å². The van der Waals surface area contributed by atoms with Crippen LogP contribution in [0.1, 0.15) is 28.4 Å². The monoisotopic (exact) mass is 320 g/mol. The second-order valence-electron chi connectivity index (χ2n) is 5.47. The molecule has 0 aliphatic rings. The number of allylic oxidation sites excluding steroid dienone is 1. The lowest BCUT2D eigenvalue weighted by Crippen LogP contribution is -2.07. The second kappa shape index (κ2) is 8.63. The van der Waals surface area contributed by atoms with E-state index in [0.717, 1.165) is 11.1 Å². The number of hydrogen-bond acceptors (Lipinski definition) is 3. The number of ether oxygens (including phenoxy) is 1. The summed E-state index contributed by atoms with van der Waals surface area (Å²) in [6.07, 6.45) is 4.01. The van der Waals surface area contributed by atoms with Crippen molar-refractivity contribution in [1.82, 2.24) is 0 Å². The number of carbonyl (C=O) groups excluding carboxylic acids is 2. The zero-order valence-electron chi connectivity index (χ0n) is 13.7. The lowest BCUT2D eigenvalue weighted by molar-refractivity contribution is -0.138. The van der Waals surface area contributed by atoms with Crippen molar-refractivity contribution in [2.24, 2.45) is 0 Å². The van der Waals surface area contributed by atoms with E-state index in [9.17, 15) is 9.59 Å². The molecule has 0 bridgehead atoms. The number of hydrogen-bond donors (Lipinski definition) is 0. The molecule has 0 radical (unpaired) electrons. The Balaban J connectivity index is 1.88. The van der Waals surface area contributed by atoms with Crippen LogP contribution in [0.25, 0.3) is 6.08 Å². The molecule has 0 aliphatic heterocycles. The summed E-state index contributed by atoms with van der Waals surface area (Å²) in [6, 6.07) is 16.9. The van der Waals surface area contributed by atoms with Crippen LogP contribution < -0.4 is 0 Å². The SMILES string of the molecule is C=C(C)C(=O)OCCc1ccc(C=CC(=O)c2ccccc2)cc1. The van der Waals surface area contributed by atoms with Crippen molar-refractivity contribution in [2.75, 3.05) is 6.61 Å². The van der Waals surface area contributed by atoms with Gasteiger partial charge in [0.25, 0.3) is 0 Å². The summed E-state index contributed by atoms with van der Waals surface area (Å²) in [6.45, 7) is 5.49. The van der Waals surface area contributed by atoms with Gasteiger partial charge in [-0.25, -0.2) is 4.79 Å². The van der Waals surface area contributed by atoms with Crippen molar-refractivity contribution in [1.29, 1.82) is 0 Å². The third kappa shape index (κ3) is 5.36. The fourth-order valence-corrected chi connectivity index (χ4v) is 2.05. The number of ketones is 1. The molecule has 0 amide bonds. The largest absolute Gasteiger partial charge is 0.462 e. The zero-order chi connectivity index (χ0) is 17.4. The van der Waals surface area contributed by atoms with E-state index in [1.54, 1.807) is 31.2 Å². The van der Waals surface area contributed by atoms with Gasteiger partial charge in [-0.2, -0.15) is 0 Å². The van der Waals surface area contributed by atoms with Crippen LogP contribution in [-0.2, 0) is 16.0 Å². The molecule has 0 saturated carbocycles. The highest BCUT2D eigenvalue weighted by atomic mass is 16.5. The summed E-state index contributed by atoms with van der Waals surface area (Å²) in [5.74, 6) is -0.389. The minimum absolute atomic E-state index is 0.0219. The van der Waals surface area contributed by atoms with Gasteiger partial charge in [-0.1, -0.05) is 67.3 Å². The van der Waals surface area contributed by atoms with Gasteiger partial charge >= 0.3 is 5.97 Å². The molecule has 0 heterocycles. The first-order valence-corrected chi connectivity index (χ1v) is 7.75. The average Bonchev–Trinajstić information content (AvgIpc) is 2.61.